The van der Waals surface area contributed by atoms with Crippen molar-refractivity contribution in [3.8, 4) is 0 Å². The first-order valence-electron chi connectivity index (χ1n) is 7.04. The molecule has 21 heavy (non-hydrogen) atoms. The molecular formula is C16H20N4O. The van der Waals surface area contributed by atoms with Gasteiger partial charge in [-0.2, -0.15) is 0 Å². The summed E-state index contributed by atoms with van der Waals surface area (Å²) in [6.45, 7) is 4.51. The molecule has 0 bridgehead atoms. The largest absolute Gasteiger partial charge is 0.384 e. The van der Waals surface area contributed by atoms with Crippen LogP contribution >= 0.6 is 0 Å². The van der Waals surface area contributed by atoms with Crippen LogP contribution in [-0.4, -0.2) is 15.9 Å². The summed E-state index contributed by atoms with van der Waals surface area (Å²) in [5, 5.41) is 2.89. The van der Waals surface area contributed by atoms with E-state index in [1.54, 1.807) is 24.5 Å². The summed E-state index contributed by atoms with van der Waals surface area (Å²) in [6.07, 6.45) is 5.28. The van der Waals surface area contributed by atoms with Crippen LogP contribution in [0.2, 0.25) is 0 Å². The first-order chi connectivity index (χ1) is 10.1. The molecule has 2 aromatic heterocycles. The fraction of sp³-hybridized carbons (Fsp3) is 0.312. The number of nitrogens with one attached hydrogen (secondary N) is 1. The van der Waals surface area contributed by atoms with Crippen molar-refractivity contribution in [1.29, 1.82) is 0 Å². The molecule has 0 aliphatic carbocycles. The Bertz CT molecular complexity index is 640. The van der Waals surface area contributed by atoms with Crippen molar-refractivity contribution in [3.63, 3.8) is 0 Å². The fourth-order valence-electron chi connectivity index (χ4n) is 2.09. The first-order valence-corrected chi connectivity index (χ1v) is 7.04. The summed E-state index contributed by atoms with van der Waals surface area (Å²) in [4.78, 5) is 20.5. The van der Waals surface area contributed by atoms with E-state index in [4.69, 9.17) is 5.73 Å². The average molecular weight is 284 g/mol. The van der Waals surface area contributed by atoms with E-state index in [-0.39, 0.29) is 5.91 Å². The third kappa shape index (κ3) is 4.02. The molecule has 5 nitrogen and oxygen atoms in total. The number of carbonyl (C=O) groups is 1. The Morgan fingerprint density at radius 3 is 2.90 bits per heavy atom. The van der Waals surface area contributed by atoms with Gasteiger partial charge < -0.3 is 11.1 Å². The molecule has 3 N–H and O–H groups in total. The minimum absolute atomic E-state index is 0.148. The highest BCUT2D eigenvalue weighted by Gasteiger charge is 2.09. The maximum absolute atomic E-state index is 12.2. The molecule has 0 fully saturated rings. The maximum Gasteiger partial charge on any atom is 0.251 e. The van der Waals surface area contributed by atoms with Gasteiger partial charge in [0.25, 0.3) is 5.91 Å². The Balaban J connectivity index is 2.08. The number of nitrogen functional groups attached to an aromatic ring is 1. The number of nitrogens with zero attached hydrogens (tertiary/aromatic N) is 2. The van der Waals surface area contributed by atoms with E-state index in [0.29, 0.717) is 17.9 Å². The lowest BCUT2D eigenvalue weighted by Gasteiger charge is -2.09. The van der Waals surface area contributed by atoms with Gasteiger partial charge in [0, 0.05) is 30.2 Å². The third-order valence-corrected chi connectivity index (χ3v) is 3.25. The number of rotatable bonds is 5. The van der Waals surface area contributed by atoms with E-state index in [0.717, 1.165) is 29.7 Å². The Morgan fingerprint density at radius 2 is 2.19 bits per heavy atom. The lowest BCUT2D eigenvalue weighted by atomic mass is 10.1. The van der Waals surface area contributed by atoms with Crippen molar-refractivity contribution in [3.05, 3.63) is 53.0 Å². The number of nitrogens with two attached hydrogens (primary N) is 1. The molecule has 0 saturated carbocycles. The van der Waals surface area contributed by atoms with E-state index in [2.05, 4.69) is 22.2 Å². The average Bonchev–Trinajstić information content (AvgIpc) is 2.46. The van der Waals surface area contributed by atoms with Crippen LogP contribution in [0.4, 0.5) is 5.82 Å². The van der Waals surface area contributed by atoms with Gasteiger partial charge in [-0.25, -0.2) is 4.98 Å². The molecule has 0 unspecified atom stereocenters. The van der Waals surface area contributed by atoms with Crippen molar-refractivity contribution in [2.75, 3.05) is 5.73 Å². The standard InChI is InChI=1S/C16H20N4O/c1-3-4-14-7-12(8-15(17)20-14)16(21)19-10-13-9-18-6-5-11(13)2/h5-9H,3-4,10H2,1-2H3,(H2,17,20)(H,19,21). The molecule has 2 aromatic rings. The molecule has 0 spiro atoms. The Hall–Kier alpha value is -2.43. The van der Waals surface area contributed by atoms with Gasteiger partial charge in [-0.1, -0.05) is 13.3 Å². The second-order valence-corrected chi connectivity index (χ2v) is 5.01. The molecule has 5 heteroatoms. The number of aromatic nitrogens is 2. The van der Waals surface area contributed by atoms with Gasteiger partial charge in [-0.3, -0.25) is 9.78 Å². The summed E-state index contributed by atoms with van der Waals surface area (Å²) >= 11 is 0. The Morgan fingerprint density at radius 1 is 1.38 bits per heavy atom. The number of hydrogen-bond acceptors (Lipinski definition) is 4. The van der Waals surface area contributed by atoms with Crippen molar-refractivity contribution >= 4 is 11.7 Å². The molecular weight excluding hydrogens is 264 g/mol. The Labute approximate surface area is 124 Å². The van der Waals surface area contributed by atoms with E-state index < -0.39 is 0 Å². The van der Waals surface area contributed by atoms with E-state index >= 15 is 0 Å². The second kappa shape index (κ2) is 6.83. The predicted octanol–water partition coefficient (Wildman–Crippen LogP) is 2.25. The second-order valence-electron chi connectivity index (χ2n) is 5.01. The summed E-state index contributed by atoms with van der Waals surface area (Å²) in [7, 11) is 0. The van der Waals surface area contributed by atoms with Crippen LogP contribution in [0.5, 0.6) is 0 Å². The maximum atomic E-state index is 12.2. The van der Waals surface area contributed by atoms with E-state index in [1.807, 2.05) is 13.0 Å². The molecule has 0 atom stereocenters. The molecule has 110 valence electrons. The topological polar surface area (TPSA) is 80.9 Å². The highest BCUT2D eigenvalue weighted by Crippen LogP contribution is 2.10. The van der Waals surface area contributed by atoms with Crippen LogP contribution < -0.4 is 11.1 Å². The van der Waals surface area contributed by atoms with Gasteiger partial charge in [0.15, 0.2) is 0 Å². The van der Waals surface area contributed by atoms with Crippen LogP contribution in [0.25, 0.3) is 0 Å². The fourth-order valence-corrected chi connectivity index (χ4v) is 2.09. The smallest absolute Gasteiger partial charge is 0.251 e. The number of carbonyl (C=O) groups excluding carboxylic acids is 1. The number of anilines is 1. The highest BCUT2D eigenvalue weighted by molar-refractivity contribution is 5.94. The van der Waals surface area contributed by atoms with Gasteiger partial charge >= 0.3 is 0 Å². The molecule has 0 aliphatic heterocycles. The van der Waals surface area contributed by atoms with Gasteiger partial charge in [0.05, 0.1) is 0 Å². The quantitative estimate of drug-likeness (QED) is 0.882. The lowest BCUT2D eigenvalue weighted by molar-refractivity contribution is 0.0950. The van der Waals surface area contributed by atoms with Crippen LogP contribution in [-0.2, 0) is 13.0 Å². The number of amides is 1. The van der Waals surface area contributed by atoms with E-state index in [1.165, 1.54) is 0 Å². The van der Waals surface area contributed by atoms with Crippen molar-refractivity contribution in [2.24, 2.45) is 0 Å². The summed E-state index contributed by atoms with van der Waals surface area (Å²) < 4.78 is 0. The summed E-state index contributed by atoms with van der Waals surface area (Å²) in [6, 6.07) is 5.32. The van der Waals surface area contributed by atoms with Gasteiger partial charge in [-0.15, -0.1) is 0 Å². The summed E-state index contributed by atoms with van der Waals surface area (Å²) in [5.41, 5.74) is 9.26. The van der Waals surface area contributed by atoms with Crippen molar-refractivity contribution < 1.29 is 4.79 Å². The minimum atomic E-state index is -0.148. The first kappa shape index (κ1) is 15.0. The van der Waals surface area contributed by atoms with E-state index in [9.17, 15) is 4.79 Å². The Kier molecular flexibility index (Phi) is 4.87. The highest BCUT2D eigenvalue weighted by atomic mass is 16.1. The molecule has 2 heterocycles. The molecule has 2 rings (SSSR count). The minimum Gasteiger partial charge on any atom is -0.384 e. The number of aryl methyl sites for hydroxylation is 2. The van der Waals surface area contributed by atoms with Crippen LogP contribution in [0.1, 0.15) is 40.5 Å². The predicted molar refractivity (Wildman–Crippen MR) is 82.8 cm³/mol. The lowest BCUT2D eigenvalue weighted by Crippen LogP contribution is -2.23. The normalized spacial score (nSPS) is 10.4. The van der Waals surface area contributed by atoms with Gasteiger partial charge in [0.2, 0.25) is 0 Å². The van der Waals surface area contributed by atoms with Crippen molar-refractivity contribution in [1.82, 2.24) is 15.3 Å². The molecule has 0 aliphatic rings. The van der Waals surface area contributed by atoms with Crippen molar-refractivity contribution in [2.45, 2.75) is 33.2 Å². The zero-order valence-corrected chi connectivity index (χ0v) is 12.4. The monoisotopic (exact) mass is 284 g/mol. The molecule has 0 aromatic carbocycles. The number of pyridine rings is 2. The SMILES string of the molecule is CCCc1cc(C(=O)NCc2cnccc2C)cc(N)n1. The molecule has 1 amide bonds. The third-order valence-electron chi connectivity index (χ3n) is 3.25. The zero-order chi connectivity index (χ0) is 15.2. The summed E-state index contributed by atoms with van der Waals surface area (Å²) in [5.74, 6) is 0.230. The van der Waals surface area contributed by atoms with Gasteiger partial charge in [-0.05, 0) is 42.7 Å². The number of hydrogen-bond donors (Lipinski definition) is 2. The van der Waals surface area contributed by atoms with Crippen LogP contribution in [0.3, 0.4) is 0 Å². The molecule has 0 radical (unpaired) electrons. The van der Waals surface area contributed by atoms with Crippen LogP contribution in [0.15, 0.2) is 30.6 Å². The zero-order valence-electron chi connectivity index (χ0n) is 12.4. The molecule has 0 saturated heterocycles. The van der Waals surface area contributed by atoms with Crippen LogP contribution in [0, 0.1) is 6.92 Å². The van der Waals surface area contributed by atoms with Gasteiger partial charge in [0.1, 0.15) is 5.82 Å².